The minimum Gasteiger partial charge on any atom is -0.489 e. The van der Waals surface area contributed by atoms with E-state index < -0.39 is 22.7 Å². The van der Waals surface area contributed by atoms with Gasteiger partial charge in [-0.2, -0.15) is 0 Å². The maximum absolute atomic E-state index is 12.4. The van der Waals surface area contributed by atoms with Crippen LogP contribution >= 0.6 is 15.9 Å². The third-order valence-electron chi connectivity index (χ3n) is 1.60. The molecule has 0 bridgehead atoms. The first-order valence-electron chi connectivity index (χ1n) is 3.64. The molecule has 8 heteroatoms. The fraction of sp³-hybridized carbons (Fsp3) is 0.286. The summed E-state index contributed by atoms with van der Waals surface area (Å²) in [5.41, 5.74) is -1.23. The van der Waals surface area contributed by atoms with Gasteiger partial charge in [-0.1, -0.05) is 0 Å². The molecule has 0 unspecified atom stereocenters. The lowest BCUT2D eigenvalue weighted by Crippen LogP contribution is -2.00. The topological polar surface area (TPSA) is 65.3 Å². The van der Waals surface area contributed by atoms with Gasteiger partial charge < -0.3 is 4.74 Å². The summed E-state index contributed by atoms with van der Waals surface area (Å²) in [5.74, 6) is -0.170. The predicted molar refractivity (Wildman–Crippen MR) is 50.1 cm³/mol. The zero-order valence-electron chi connectivity index (χ0n) is 7.41. The molecule has 0 fully saturated rings. The van der Waals surface area contributed by atoms with Crippen molar-refractivity contribution in [2.45, 2.75) is 6.43 Å². The molecule has 0 saturated carbocycles. The van der Waals surface area contributed by atoms with Gasteiger partial charge in [0.1, 0.15) is 10.2 Å². The molecule has 0 aliphatic heterocycles. The van der Waals surface area contributed by atoms with Crippen LogP contribution in [0.15, 0.2) is 10.7 Å². The minimum absolute atomic E-state index is 0.170. The van der Waals surface area contributed by atoms with Crippen LogP contribution in [0, 0.1) is 10.1 Å². The Kier molecular flexibility index (Phi) is 3.51. The van der Waals surface area contributed by atoms with Crippen LogP contribution in [0.2, 0.25) is 0 Å². The molecule has 0 saturated heterocycles. The monoisotopic (exact) mass is 282 g/mol. The van der Waals surface area contributed by atoms with Crippen LogP contribution in [0.1, 0.15) is 12.1 Å². The van der Waals surface area contributed by atoms with E-state index in [1.54, 1.807) is 0 Å². The molecule has 0 aliphatic carbocycles. The molecule has 0 spiro atoms. The molecule has 0 atom stereocenters. The van der Waals surface area contributed by atoms with Gasteiger partial charge in [-0.25, -0.2) is 13.8 Å². The van der Waals surface area contributed by atoms with Gasteiger partial charge in [0, 0.05) is 0 Å². The molecule has 1 aromatic rings. The SMILES string of the molecule is COc1cnc(C(F)F)c(Br)c1[N+](=O)[O-]. The summed E-state index contributed by atoms with van der Waals surface area (Å²) in [5, 5.41) is 10.6. The van der Waals surface area contributed by atoms with Crippen LogP contribution in [-0.2, 0) is 0 Å². The van der Waals surface area contributed by atoms with Crippen molar-refractivity contribution in [2.75, 3.05) is 7.11 Å². The van der Waals surface area contributed by atoms with Crippen LogP contribution in [0.4, 0.5) is 14.5 Å². The Labute approximate surface area is 91.3 Å². The van der Waals surface area contributed by atoms with E-state index in [0.717, 1.165) is 6.20 Å². The number of hydrogen-bond acceptors (Lipinski definition) is 4. The molecule has 0 aromatic carbocycles. The number of alkyl halides is 2. The third kappa shape index (κ3) is 2.20. The first-order chi connectivity index (χ1) is 6.99. The van der Waals surface area contributed by atoms with Crippen molar-refractivity contribution in [3.05, 3.63) is 26.5 Å². The number of ether oxygens (including phenoxy) is 1. The second-order valence-electron chi connectivity index (χ2n) is 2.43. The molecule has 15 heavy (non-hydrogen) atoms. The smallest absolute Gasteiger partial charge is 0.328 e. The lowest BCUT2D eigenvalue weighted by Gasteiger charge is -2.06. The van der Waals surface area contributed by atoms with Crippen molar-refractivity contribution in [3.63, 3.8) is 0 Å². The maximum atomic E-state index is 12.4. The summed E-state index contributed by atoms with van der Waals surface area (Å²) < 4.78 is 29.0. The Morgan fingerprint density at radius 1 is 1.67 bits per heavy atom. The Morgan fingerprint density at radius 2 is 2.27 bits per heavy atom. The third-order valence-corrected chi connectivity index (χ3v) is 2.38. The van der Waals surface area contributed by atoms with Crippen molar-refractivity contribution < 1.29 is 18.4 Å². The number of nitrogens with zero attached hydrogens (tertiary/aromatic N) is 2. The van der Waals surface area contributed by atoms with Crippen molar-refractivity contribution in [1.29, 1.82) is 0 Å². The molecule has 0 radical (unpaired) electrons. The quantitative estimate of drug-likeness (QED) is 0.632. The summed E-state index contributed by atoms with van der Waals surface area (Å²) in [6, 6.07) is 0. The minimum atomic E-state index is -2.89. The zero-order valence-corrected chi connectivity index (χ0v) is 8.99. The van der Waals surface area contributed by atoms with Gasteiger partial charge >= 0.3 is 5.69 Å². The number of rotatable bonds is 3. The molecular formula is C7H5BrF2N2O3. The first-order valence-corrected chi connectivity index (χ1v) is 4.43. The van der Waals surface area contributed by atoms with E-state index in [9.17, 15) is 18.9 Å². The highest BCUT2D eigenvalue weighted by Gasteiger charge is 2.27. The average molecular weight is 283 g/mol. The van der Waals surface area contributed by atoms with Crippen molar-refractivity contribution in [1.82, 2.24) is 4.98 Å². The van der Waals surface area contributed by atoms with E-state index in [-0.39, 0.29) is 10.2 Å². The van der Waals surface area contributed by atoms with Crippen LogP contribution in [-0.4, -0.2) is 17.0 Å². The van der Waals surface area contributed by atoms with Gasteiger partial charge in [0.2, 0.25) is 5.75 Å². The molecular weight excluding hydrogens is 278 g/mol. The second-order valence-corrected chi connectivity index (χ2v) is 3.23. The lowest BCUT2D eigenvalue weighted by atomic mass is 10.3. The fourth-order valence-electron chi connectivity index (χ4n) is 0.947. The number of pyridine rings is 1. The highest BCUT2D eigenvalue weighted by atomic mass is 79.9. The fourth-order valence-corrected chi connectivity index (χ4v) is 1.56. The maximum Gasteiger partial charge on any atom is 0.328 e. The van der Waals surface area contributed by atoms with E-state index in [1.165, 1.54) is 7.11 Å². The van der Waals surface area contributed by atoms with Crippen LogP contribution in [0.25, 0.3) is 0 Å². The summed E-state index contributed by atoms with van der Waals surface area (Å²) in [4.78, 5) is 13.2. The average Bonchev–Trinajstić information content (AvgIpc) is 2.15. The van der Waals surface area contributed by atoms with Gasteiger partial charge in [-0.3, -0.25) is 10.1 Å². The Hall–Kier alpha value is -1.31. The highest BCUT2D eigenvalue weighted by molar-refractivity contribution is 9.10. The number of halogens is 3. The number of aromatic nitrogens is 1. The summed E-state index contributed by atoms with van der Waals surface area (Å²) in [6.07, 6.45) is -1.99. The molecule has 0 N–H and O–H groups in total. The zero-order chi connectivity index (χ0) is 11.6. The number of nitro groups is 1. The normalized spacial score (nSPS) is 10.5. The molecule has 82 valence electrons. The van der Waals surface area contributed by atoms with E-state index in [0.29, 0.717) is 0 Å². The van der Waals surface area contributed by atoms with Crippen LogP contribution < -0.4 is 4.74 Å². The molecule has 5 nitrogen and oxygen atoms in total. The number of hydrogen-bond donors (Lipinski definition) is 0. The van der Waals surface area contributed by atoms with Gasteiger partial charge in [0.15, 0.2) is 0 Å². The lowest BCUT2D eigenvalue weighted by molar-refractivity contribution is -0.386. The van der Waals surface area contributed by atoms with E-state index in [2.05, 4.69) is 25.7 Å². The van der Waals surface area contributed by atoms with Crippen molar-refractivity contribution in [2.24, 2.45) is 0 Å². The van der Waals surface area contributed by atoms with Crippen molar-refractivity contribution in [3.8, 4) is 5.75 Å². The van der Waals surface area contributed by atoms with Gasteiger partial charge in [0.25, 0.3) is 6.43 Å². The van der Waals surface area contributed by atoms with E-state index >= 15 is 0 Å². The molecule has 1 rings (SSSR count). The van der Waals surface area contributed by atoms with Gasteiger partial charge in [0.05, 0.1) is 18.2 Å². The predicted octanol–water partition coefficient (Wildman–Crippen LogP) is 2.70. The highest BCUT2D eigenvalue weighted by Crippen LogP contribution is 2.38. The molecule has 1 heterocycles. The van der Waals surface area contributed by atoms with Crippen molar-refractivity contribution >= 4 is 21.6 Å². The first kappa shape index (κ1) is 11.8. The van der Waals surface area contributed by atoms with Crippen LogP contribution in [0.5, 0.6) is 5.75 Å². The molecule has 0 amide bonds. The Morgan fingerprint density at radius 3 is 2.67 bits per heavy atom. The standard InChI is InChI=1S/C7H5BrF2N2O3/c1-15-3-2-11-5(7(9)10)4(8)6(3)12(13)14/h2,7H,1H3. The van der Waals surface area contributed by atoms with Gasteiger partial charge in [-0.15, -0.1) is 0 Å². The summed E-state index contributed by atoms with van der Waals surface area (Å²) in [7, 11) is 1.19. The Bertz CT molecular complexity index is 400. The summed E-state index contributed by atoms with van der Waals surface area (Å²) in [6.45, 7) is 0. The van der Waals surface area contributed by atoms with Crippen LogP contribution in [0.3, 0.4) is 0 Å². The molecule has 1 aromatic heterocycles. The van der Waals surface area contributed by atoms with Gasteiger partial charge in [-0.05, 0) is 15.9 Å². The molecule has 0 aliphatic rings. The van der Waals surface area contributed by atoms with E-state index in [4.69, 9.17) is 0 Å². The number of methoxy groups -OCH3 is 1. The summed E-state index contributed by atoms with van der Waals surface area (Å²) >= 11 is 2.71. The van der Waals surface area contributed by atoms with E-state index in [1.807, 2.05) is 0 Å². The second kappa shape index (κ2) is 4.47. The Balaban J connectivity index is 3.42. The largest absolute Gasteiger partial charge is 0.489 e.